The van der Waals surface area contributed by atoms with Gasteiger partial charge in [0.15, 0.2) is 0 Å². The number of nitrogens with zero attached hydrogens (tertiary/aromatic N) is 3. The molecule has 0 spiro atoms. The molecule has 1 aliphatic heterocycles. The molecule has 9 nitrogen and oxygen atoms in total. The van der Waals surface area contributed by atoms with E-state index in [1.165, 1.54) is 13.1 Å². The minimum absolute atomic E-state index is 0.179. The van der Waals surface area contributed by atoms with E-state index in [-0.39, 0.29) is 22.5 Å². The van der Waals surface area contributed by atoms with Gasteiger partial charge >= 0.3 is 0 Å². The molecular formula is C13H15N5O4S. The number of furan rings is 1. The number of carbonyl (C=O) groups excluding carboxylic acids is 1. The van der Waals surface area contributed by atoms with E-state index in [9.17, 15) is 13.2 Å². The van der Waals surface area contributed by atoms with Gasteiger partial charge in [-0.05, 0) is 7.05 Å². The second-order valence-corrected chi connectivity index (χ2v) is 6.86. The highest BCUT2D eigenvalue weighted by atomic mass is 32.2. The van der Waals surface area contributed by atoms with E-state index in [2.05, 4.69) is 14.7 Å². The number of sulfonamides is 1. The molecule has 23 heavy (non-hydrogen) atoms. The molecule has 0 aliphatic carbocycles. The van der Waals surface area contributed by atoms with Crippen molar-refractivity contribution in [1.29, 1.82) is 0 Å². The van der Waals surface area contributed by atoms with Crippen molar-refractivity contribution < 1.29 is 17.6 Å². The summed E-state index contributed by atoms with van der Waals surface area (Å²) in [7, 11) is -2.45. The average Bonchev–Trinajstić information content (AvgIpc) is 3.04. The van der Waals surface area contributed by atoms with Gasteiger partial charge in [0.25, 0.3) is 15.9 Å². The molecule has 3 heterocycles. The summed E-state index contributed by atoms with van der Waals surface area (Å²) in [4.78, 5) is 22.2. The molecule has 0 saturated heterocycles. The fourth-order valence-corrected chi connectivity index (χ4v) is 3.02. The number of carbonyl (C=O) groups is 1. The zero-order valence-electron chi connectivity index (χ0n) is 12.3. The number of nitrogens with one attached hydrogen (secondary N) is 1. The van der Waals surface area contributed by atoms with Gasteiger partial charge in [0.2, 0.25) is 11.0 Å². The number of nitrogens with two attached hydrogens (primary N) is 1. The van der Waals surface area contributed by atoms with Gasteiger partial charge in [-0.1, -0.05) is 0 Å². The quantitative estimate of drug-likeness (QED) is 0.790. The van der Waals surface area contributed by atoms with Crippen molar-refractivity contribution in [1.82, 2.24) is 19.6 Å². The highest BCUT2D eigenvalue weighted by Crippen LogP contribution is 2.21. The van der Waals surface area contributed by atoms with Crippen LogP contribution in [0.4, 0.5) is 5.95 Å². The summed E-state index contributed by atoms with van der Waals surface area (Å²) in [5, 5.41) is -0.295. The van der Waals surface area contributed by atoms with Crippen LogP contribution in [0.1, 0.15) is 21.6 Å². The highest BCUT2D eigenvalue weighted by Gasteiger charge is 2.26. The van der Waals surface area contributed by atoms with Crippen molar-refractivity contribution in [3.63, 3.8) is 0 Å². The van der Waals surface area contributed by atoms with Gasteiger partial charge in [0.1, 0.15) is 6.26 Å². The van der Waals surface area contributed by atoms with Gasteiger partial charge in [-0.15, -0.1) is 0 Å². The summed E-state index contributed by atoms with van der Waals surface area (Å²) >= 11 is 0. The van der Waals surface area contributed by atoms with Crippen LogP contribution in [-0.4, -0.2) is 42.8 Å². The molecule has 2 aromatic heterocycles. The first kappa shape index (κ1) is 15.4. The molecule has 1 amide bonds. The molecule has 2 aromatic rings. The Hall–Kier alpha value is -2.46. The molecule has 0 bridgehead atoms. The number of amides is 1. The van der Waals surface area contributed by atoms with E-state index < -0.39 is 10.0 Å². The molecule has 3 rings (SSSR count). The third-order valence-electron chi connectivity index (χ3n) is 3.60. The molecule has 0 unspecified atom stereocenters. The Bertz CT molecular complexity index is 861. The molecule has 0 fully saturated rings. The summed E-state index contributed by atoms with van der Waals surface area (Å²) in [5.74, 6) is -0.103. The van der Waals surface area contributed by atoms with Crippen LogP contribution < -0.4 is 10.5 Å². The second-order valence-electron chi connectivity index (χ2n) is 5.04. The molecule has 10 heteroatoms. The fraction of sp³-hybridized carbons (Fsp3) is 0.308. The van der Waals surface area contributed by atoms with Crippen molar-refractivity contribution in [3.8, 4) is 0 Å². The van der Waals surface area contributed by atoms with Gasteiger partial charge < -0.3 is 15.1 Å². The van der Waals surface area contributed by atoms with Crippen LogP contribution in [0.15, 0.2) is 28.0 Å². The van der Waals surface area contributed by atoms with Crippen LogP contribution in [0.25, 0.3) is 0 Å². The molecule has 0 radical (unpaired) electrons. The van der Waals surface area contributed by atoms with Crippen molar-refractivity contribution in [3.05, 3.63) is 35.3 Å². The summed E-state index contributed by atoms with van der Waals surface area (Å²) in [6, 6.07) is 1.21. The molecule has 1 aliphatic rings. The Balaban J connectivity index is 1.81. The summed E-state index contributed by atoms with van der Waals surface area (Å²) < 4.78 is 30.4. The van der Waals surface area contributed by atoms with E-state index >= 15 is 0 Å². The molecule has 0 saturated carbocycles. The zero-order chi connectivity index (χ0) is 16.6. The normalized spacial score (nSPS) is 14.6. The topological polar surface area (TPSA) is 131 Å². The number of nitrogen functional groups attached to an aromatic ring is 1. The molecule has 0 atom stereocenters. The van der Waals surface area contributed by atoms with Crippen molar-refractivity contribution in [2.45, 2.75) is 18.1 Å². The number of aromatic nitrogens is 2. The number of anilines is 1. The average molecular weight is 337 g/mol. The minimum atomic E-state index is -3.72. The van der Waals surface area contributed by atoms with E-state index in [4.69, 9.17) is 10.2 Å². The number of hydrogen-bond donors (Lipinski definition) is 2. The van der Waals surface area contributed by atoms with Crippen LogP contribution >= 0.6 is 0 Å². The predicted octanol–water partition coefficient (Wildman–Crippen LogP) is -0.242. The predicted molar refractivity (Wildman–Crippen MR) is 79.8 cm³/mol. The van der Waals surface area contributed by atoms with Gasteiger partial charge in [-0.3, -0.25) is 4.79 Å². The van der Waals surface area contributed by atoms with E-state index in [0.29, 0.717) is 19.5 Å². The Labute approximate surface area is 132 Å². The summed E-state index contributed by atoms with van der Waals surface area (Å²) in [6.07, 6.45) is 3.30. The Morgan fingerprint density at radius 3 is 3.00 bits per heavy atom. The Morgan fingerprint density at radius 1 is 1.48 bits per heavy atom. The highest BCUT2D eigenvalue weighted by molar-refractivity contribution is 7.89. The third kappa shape index (κ3) is 2.90. The molecular weight excluding hydrogens is 322 g/mol. The summed E-state index contributed by atoms with van der Waals surface area (Å²) in [5.41, 5.74) is 7.38. The minimum Gasteiger partial charge on any atom is -0.451 e. The Morgan fingerprint density at radius 2 is 2.26 bits per heavy atom. The van der Waals surface area contributed by atoms with Gasteiger partial charge in [-0.2, -0.15) is 0 Å². The first-order valence-electron chi connectivity index (χ1n) is 6.82. The van der Waals surface area contributed by atoms with Crippen molar-refractivity contribution >= 4 is 21.9 Å². The maximum absolute atomic E-state index is 12.5. The maximum Gasteiger partial charge on any atom is 0.273 e. The lowest BCUT2D eigenvalue weighted by atomic mass is 10.1. The van der Waals surface area contributed by atoms with E-state index in [0.717, 1.165) is 17.5 Å². The molecule has 122 valence electrons. The lowest BCUT2D eigenvalue weighted by molar-refractivity contribution is 0.0732. The van der Waals surface area contributed by atoms with Gasteiger partial charge in [0.05, 0.1) is 11.3 Å². The van der Waals surface area contributed by atoms with Crippen LogP contribution in [0.5, 0.6) is 0 Å². The van der Waals surface area contributed by atoms with Crippen LogP contribution in [0.3, 0.4) is 0 Å². The Kier molecular flexibility index (Phi) is 3.78. The summed E-state index contributed by atoms with van der Waals surface area (Å²) in [6.45, 7) is 0.801. The van der Waals surface area contributed by atoms with Crippen LogP contribution in [0.2, 0.25) is 0 Å². The van der Waals surface area contributed by atoms with Gasteiger partial charge in [-0.25, -0.2) is 23.1 Å². The van der Waals surface area contributed by atoms with Crippen molar-refractivity contribution in [2.75, 3.05) is 19.3 Å². The van der Waals surface area contributed by atoms with Crippen LogP contribution in [0, 0.1) is 0 Å². The largest absolute Gasteiger partial charge is 0.451 e. The van der Waals surface area contributed by atoms with Crippen molar-refractivity contribution in [2.24, 2.45) is 0 Å². The number of fused-ring (bicyclic) bond motifs is 1. The molecule has 0 aromatic carbocycles. The van der Waals surface area contributed by atoms with E-state index in [1.54, 1.807) is 11.1 Å². The lowest BCUT2D eigenvalue weighted by Crippen LogP contribution is -2.36. The monoisotopic (exact) mass is 337 g/mol. The van der Waals surface area contributed by atoms with Gasteiger partial charge in [0, 0.05) is 37.3 Å². The first-order chi connectivity index (χ1) is 10.9. The standard InChI is InChI=1S/C13H15N5O4S/c1-15-23(20,21)11-4-8(7-22-11)12(19)18-3-2-10-9(6-18)5-16-13(14)17-10/h4-5,7,15H,2-3,6H2,1H3,(H2,14,16,17). The lowest BCUT2D eigenvalue weighted by Gasteiger charge is -2.27. The van der Waals surface area contributed by atoms with Crippen LogP contribution in [-0.2, 0) is 23.0 Å². The smallest absolute Gasteiger partial charge is 0.273 e. The fourth-order valence-electron chi connectivity index (χ4n) is 2.36. The maximum atomic E-state index is 12.5. The first-order valence-corrected chi connectivity index (χ1v) is 8.30. The molecule has 3 N–H and O–H groups in total. The second kappa shape index (κ2) is 5.63. The number of rotatable bonds is 3. The third-order valence-corrected chi connectivity index (χ3v) is 4.88. The zero-order valence-corrected chi connectivity index (χ0v) is 13.1. The number of hydrogen-bond acceptors (Lipinski definition) is 7. The SMILES string of the molecule is CNS(=O)(=O)c1cc(C(=O)N2CCc3nc(N)ncc3C2)co1. The van der Waals surface area contributed by atoms with E-state index in [1.807, 2.05) is 0 Å².